The van der Waals surface area contributed by atoms with E-state index in [0.717, 1.165) is 0 Å². The summed E-state index contributed by atoms with van der Waals surface area (Å²) in [5.74, 6) is -3.25. The summed E-state index contributed by atoms with van der Waals surface area (Å²) in [6.45, 7) is 1.57. The van der Waals surface area contributed by atoms with Crippen LogP contribution in [0.25, 0.3) is 0 Å². The molecule has 64 valence electrons. The number of rotatable bonds is 4. The molecule has 0 fully saturated rings. The van der Waals surface area contributed by atoms with Gasteiger partial charge in [-0.1, -0.05) is 13.3 Å². The summed E-state index contributed by atoms with van der Waals surface area (Å²) < 4.78 is 13.0. The van der Waals surface area contributed by atoms with Crippen molar-refractivity contribution in [2.75, 3.05) is 0 Å². The molecule has 4 nitrogen and oxygen atoms in total. The molecule has 1 unspecified atom stereocenters. The summed E-state index contributed by atoms with van der Waals surface area (Å²) in [5, 5.41) is 8.26. The highest BCUT2D eigenvalue weighted by atomic mass is 19.1. The highest BCUT2D eigenvalue weighted by Crippen LogP contribution is 2.17. The standard InChI is InChI=1S/C6H10FNO3/c1-2-3-6(7,4(8)9)5(10)11/h2-3H2,1H3,(H2,8,9)(H,10,11). The Labute approximate surface area is 63.2 Å². The number of hydrogen-bond acceptors (Lipinski definition) is 2. The number of nitrogens with two attached hydrogens (primary N) is 1. The van der Waals surface area contributed by atoms with E-state index in [1.807, 2.05) is 0 Å². The second-order valence-electron chi connectivity index (χ2n) is 2.22. The average Bonchev–Trinajstić information content (AvgIpc) is 1.87. The molecule has 1 amide bonds. The number of carbonyl (C=O) groups excluding carboxylic acids is 1. The van der Waals surface area contributed by atoms with E-state index in [1.165, 1.54) is 0 Å². The van der Waals surface area contributed by atoms with Crippen LogP contribution in [0.2, 0.25) is 0 Å². The Morgan fingerprint density at radius 1 is 1.64 bits per heavy atom. The number of carbonyl (C=O) groups is 2. The summed E-state index contributed by atoms with van der Waals surface area (Å²) in [4.78, 5) is 20.5. The van der Waals surface area contributed by atoms with Crippen LogP contribution in [-0.4, -0.2) is 22.7 Å². The Balaban J connectivity index is 4.52. The lowest BCUT2D eigenvalue weighted by atomic mass is 10.00. The molecule has 5 heteroatoms. The second kappa shape index (κ2) is 3.32. The van der Waals surface area contributed by atoms with Crippen LogP contribution in [0.1, 0.15) is 19.8 Å². The molecule has 0 bridgehead atoms. The molecule has 0 rings (SSSR count). The van der Waals surface area contributed by atoms with Crippen LogP contribution in [0.4, 0.5) is 4.39 Å². The molecule has 1 atom stereocenters. The van der Waals surface area contributed by atoms with Crippen LogP contribution in [0.15, 0.2) is 0 Å². The first-order valence-electron chi connectivity index (χ1n) is 3.17. The maximum absolute atomic E-state index is 13.0. The van der Waals surface area contributed by atoms with Crippen molar-refractivity contribution in [1.29, 1.82) is 0 Å². The highest BCUT2D eigenvalue weighted by molar-refractivity contribution is 6.04. The zero-order valence-electron chi connectivity index (χ0n) is 6.13. The molecule has 0 heterocycles. The third-order valence-corrected chi connectivity index (χ3v) is 1.32. The molecule has 0 aromatic rings. The summed E-state index contributed by atoms with van der Waals surface area (Å²) >= 11 is 0. The number of halogens is 1. The molecule has 0 aromatic carbocycles. The van der Waals surface area contributed by atoms with E-state index in [1.54, 1.807) is 6.92 Å². The smallest absolute Gasteiger partial charge is 0.351 e. The lowest BCUT2D eigenvalue weighted by Gasteiger charge is -2.14. The van der Waals surface area contributed by atoms with Crippen molar-refractivity contribution < 1.29 is 19.1 Å². The maximum Gasteiger partial charge on any atom is 0.351 e. The third kappa shape index (κ3) is 1.89. The van der Waals surface area contributed by atoms with Crippen molar-refractivity contribution in [3.05, 3.63) is 0 Å². The number of carboxylic acids is 1. The Kier molecular flexibility index (Phi) is 2.98. The quantitative estimate of drug-likeness (QED) is 0.575. The summed E-state index contributed by atoms with van der Waals surface area (Å²) in [6, 6.07) is 0. The van der Waals surface area contributed by atoms with E-state index >= 15 is 0 Å². The fourth-order valence-corrected chi connectivity index (χ4v) is 0.680. The van der Waals surface area contributed by atoms with E-state index in [4.69, 9.17) is 5.11 Å². The van der Waals surface area contributed by atoms with E-state index in [2.05, 4.69) is 5.73 Å². The average molecular weight is 163 g/mol. The summed E-state index contributed by atoms with van der Waals surface area (Å²) in [5.41, 5.74) is 1.67. The third-order valence-electron chi connectivity index (χ3n) is 1.32. The summed E-state index contributed by atoms with van der Waals surface area (Å²) in [7, 11) is 0. The first kappa shape index (κ1) is 9.87. The molecule has 0 saturated heterocycles. The predicted molar refractivity (Wildman–Crippen MR) is 35.6 cm³/mol. The highest BCUT2D eigenvalue weighted by Gasteiger charge is 2.44. The van der Waals surface area contributed by atoms with E-state index in [9.17, 15) is 14.0 Å². The maximum atomic E-state index is 13.0. The number of amides is 1. The van der Waals surface area contributed by atoms with Crippen molar-refractivity contribution in [1.82, 2.24) is 0 Å². The van der Waals surface area contributed by atoms with Crippen molar-refractivity contribution in [2.24, 2.45) is 5.73 Å². The van der Waals surface area contributed by atoms with Crippen molar-refractivity contribution in [2.45, 2.75) is 25.4 Å². The lowest BCUT2D eigenvalue weighted by Crippen LogP contribution is -2.46. The van der Waals surface area contributed by atoms with Crippen LogP contribution in [0.5, 0.6) is 0 Å². The summed E-state index contributed by atoms with van der Waals surface area (Å²) in [6.07, 6.45) is -0.122. The topological polar surface area (TPSA) is 80.4 Å². The Morgan fingerprint density at radius 2 is 2.09 bits per heavy atom. The minimum atomic E-state index is -2.89. The Morgan fingerprint density at radius 3 is 2.18 bits per heavy atom. The first-order valence-corrected chi connectivity index (χ1v) is 3.17. The van der Waals surface area contributed by atoms with Crippen molar-refractivity contribution in [3.63, 3.8) is 0 Å². The largest absolute Gasteiger partial charge is 0.478 e. The zero-order valence-corrected chi connectivity index (χ0v) is 6.13. The van der Waals surface area contributed by atoms with Gasteiger partial charge in [-0.15, -0.1) is 0 Å². The normalized spacial score (nSPS) is 15.5. The number of alkyl halides is 1. The number of primary amides is 1. The van der Waals surface area contributed by atoms with Gasteiger partial charge < -0.3 is 10.8 Å². The molecule has 0 spiro atoms. The minimum absolute atomic E-state index is 0.256. The van der Waals surface area contributed by atoms with Crippen LogP contribution in [0.3, 0.4) is 0 Å². The molecular weight excluding hydrogens is 153 g/mol. The molecule has 0 aliphatic rings. The van der Waals surface area contributed by atoms with Crippen LogP contribution < -0.4 is 5.73 Å². The van der Waals surface area contributed by atoms with Crippen molar-refractivity contribution in [3.8, 4) is 0 Å². The number of aliphatic carboxylic acids is 1. The van der Waals surface area contributed by atoms with Crippen LogP contribution >= 0.6 is 0 Å². The number of carboxylic acid groups (broad SMARTS) is 1. The predicted octanol–water partition coefficient (Wildman–Crippen LogP) is 0.0647. The second-order valence-corrected chi connectivity index (χ2v) is 2.22. The van der Waals surface area contributed by atoms with Gasteiger partial charge >= 0.3 is 5.97 Å². The van der Waals surface area contributed by atoms with Gasteiger partial charge in [-0.2, -0.15) is 0 Å². The Hall–Kier alpha value is -1.13. The molecule has 0 aliphatic heterocycles. The van der Waals surface area contributed by atoms with Gasteiger partial charge in [0.15, 0.2) is 0 Å². The van der Waals surface area contributed by atoms with Gasteiger partial charge in [0.05, 0.1) is 0 Å². The first-order chi connectivity index (χ1) is 4.95. The SMILES string of the molecule is CCCC(F)(C(N)=O)C(=O)O. The zero-order chi connectivity index (χ0) is 9.07. The molecule has 0 radical (unpaired) electrons. The Bertz CT molecular complexity index is 167. The van der Waals surface area contributed by atoms with Gasteiger partial charge in [0.25, 0.3) is 11.6 Å². The minimum Gasteiger partial charge on any atom is -0.478 e. The van der Waals surface area contributed by atoms with Gasteiger partial charge in [0.1, 0.15) is 0 Å². The molecule has 0 aliphatic carbocycles. The van der Waals surface area contributed by atoms with E-state index in [-0.39, 0.29) is 12.8 Å². The van der Waals surface area contributed by atoms with E-state index in [0.29, 0.717) is 0 Å². The molecule has 11 heavy (non-hydrogen) atoms. The lowest BCUT2D eigenvalue weighted by molar-refractivity contribution is -0.157. The van der Waals surface area contributed by atoms with Gasteiger partial charge in [0.2, 0.25) is 0 Å². The number of hydrogen-bond donors (Lipinski definition) is 2. The van der Waals surface area contributed by atoms with Crippen LogP contribution in [-0.2, 0) is 9.59 Å². The van der Waals surface area contributed by atoms with Crippen molar-refractivity contribution >= 4 is 11.9 Å². The molecular formula is C6H10FNO3. The molecule has 3 N–H and O–H groups in total. The fraction of sp³-hybridized carbons (Fsp3) is 0.667. The van der Waals surface area contributed by atoms with Gasteiger partial charge in [0, 0.05) is 6.42 Å². The monoisotopic (exact) mass is 163 g/mol. The molecule has 0 aromatic heterocycles. The van der Waals surface area contributed by atoms with Crippen LogP contribution in [0, 0.1) is 0 Å². The molecule has 0 saturated carbocycles. The van der Waals surface area contributed by atoms with E-state index < -0.39 is 17.5 Å². The van der Waals surface area contributed by atoms with Gasteiger partial charge in [-0.25, -0.2) is 9.18 Å². The van der Waals surface area contributed by atoms with Gasteiger partial charge in [-0.3, -0.25) is 4.79 Å². The van der Waals surface area contributed by atoms with Gasteiger partial charge in [-0.05, 0) is 0 Å². The fourth-order valence-electron chi connectivity index (χ4n) is 0.680.